The summed E-state index contributed by atoms with van der Waals surface area (Å²) in [6, 6.07) is 6.51. The summed E-state index contributed by atoms with van der Waals surface area (Å²) < 4.78 is 5.30. The molecule has 1 aromatic rings. The Labute approximate surface area is 109 Å². The summed E-state index contributed by atoms with van der Waals surface area (Å²) in [4.78, 5) is 0. The average molecular weight is 244 g/mol. The third-order valence-corrected chi connectivity index (χ3v) is 3.94. The summed E-state index contributed by atoms with van der Waals surface area (Å²) in [5, 5.41) is 12.4. The standard InChI is InChI=1S/C15H20N2O/c1-11-12(2)14(18-3)5-4-13(11)8-17-10-15(9-16)6-7-15/h4-5,17H,6-8,10H2,1-3H3. The van der Waals surface area contributed by atoms with E-state index in [-0.39, 0.29) is 5.41 Å². The van der Waals surface area contributed by atoms with Gasteiger partial charge in [-0.25, -0.2) is 0 Å². The van der Waals surface area contributed by atoms with Gasteiger partial charge in [0.25, 0.3) is 0 Å². The molecule has 0 bridgehead atoms. The first-order chi connectivity index (χ1) is 8.62. The fourth-order valence-electron chi connectivity index (χ4n) is 2.18. The van der Waals surface area contributed by atoms with Crippen molar-refractivity contribution in [2.24, 2.45) is 5.41 Å². The van der Waals surface area contributed by atoms with Gasteiger partial charge in [0.05, 0.1) is 18.6 Å². The van der Waals surface area contributed by atoms with E-state index >= 15 is 0 Å². The van der Waals surface area contributed by atoms with Crippen LogP contribution in [0.5, 0.6) is 5.75 Å². The van der Waals surface area contributed by atoms with Crippen LogP contribution in [-0.2, 0) is 6.54 Å². The molecule has 1 aliphatic rings. The number of benzene rings is 1. The number of nitriles is 1. The molecule has 0 aliphatic heterocycles. The maximum atomic E-state index is 9.01. The largest absolute Gasteiger partial charge is 0.496 e. The molecule has 0 unspecified atom stereocenters. The predicted molar refractivity (Wildman–Crippen MR) is 71.5 cm³/mol. The Morgan fingerprint density at radius 2 is 2.06 bits per heavy atom. The Kier molecular flexibility index (Phi) is 3.58. The van der Waals surface area contributed by atoms with Crippen LogP contribution in [0.25, 0.3) is 0 Å². The summed E-state index contributed by atoms with van der Waals surface area (Å²) in [5.74, 6) is 0.937. The van der Waals surface area contributed by atoms with E-state index in [2.05, 4.69) is 31.3 Å². The van der Waals surface area contributed by atoms with E-state index in [0.717, 1.165) is 31.7 Å². The highest BCUT2D eigenvalue weighted by molar-refractivity contribution is 5.43. The minimum absolute atomic E-state index is 0.0740. The van der Waals surface area contributed by atoms with Crippen molar-refractivity contribution in [3.8, 4) is 11.8 Å². The second-order valence-electron chi connectivity index (χ2n) is 5.17. The van der Waals surface area contributed by atoms with Crippen molar-refractivity contribution in [1.82, 2.24) is 5.32 Å². The van der Waals surface area contributed by atoms with E-state index in [1.807, 2.05) is 6.07 Å². The van der Waals surface area contributed by atoms with Crippen molar-refractivity contribution in [2.45, 2.75) is 33.2 Å². The second kappa shape index (κ2) is 4.99. The van der Waals surface area contributed by atoms with Gasteiger partial charge in [-0.3, -0.25) is 0 Å². The third-order valence-electron chi connectivity index (χ3n) is 3.94. The van der Waals surface area contributed by atoms with Gasteiger partial charge in [0, 0.05) is 13.1 Å². The highest BCUT2D eigenvalue weighted by Crippen LogP contribution is 2.44. The number of methoxy groups -OCH3 is 1. The lowest BCUT2D eigenvalue weighted by atomic mass is 10.0. The Morgan fingerprint density at radius 1 is 1.33 bits per heavy atom. The number of hydrogen-bond acceptors (Lipinski definition) is 3. The number of ether oxygens (including phenoxy) is 1. The zero-order chi connectivity index (χ0) is 13.2. The summed E-state index contributed by atoms with van der Waals surface area (Å²) >= 11 is 0. The van der Waals surface area contributed by atoms with E-state index < -0.39 is 0 Å². The number of nitrogens with one attached hydrogen (secondary N) is 1. The normalized spacial score (nSPS) is 16.1. The molecule has 0 amide bonds. The van der Waals surface area contributed by atoms with E-state index in [0.29, 0.717) is 0 Å². The highest BCUT2D eigenvalue weighted by atomic mass is 16.5. The molecule has 1 saturated carbocycles. The molecule has 3 heteroatoms. The van der Waals surface area contributed by atoms with Crippen LogP contribution in [0.4, 0.5) is 0 Å². The van der Waals surface area contributed by atoms with Crippen LogP contribution < -0.4 is 10.1 Å². The topological polar surface area (TPSA) is 45.0 Å². The van der Waals surface area contributed by atoms with Gasteiger partial charge in [-0.1, -0.05) is 6.07 Å². The lowest BCUT2D eigenvalue weighted by Gasteiger charge is -2.14. The van der Waals surface area contributed by atoms with Crippen LogP contribution >= 0.6 is 0 Å². The fourth-order valence-corrected chi connectivity index (χ4v) is 2.18. The summed E-state index contributed by atoms with van der Waals surface area (Å²) in [5.41, 5.74) is 3.67. The Hall–Kier alpha value is -1.53. The second-order valence-corrected chi connectivity index (χ2v) is 5.17. The van der Waals surface area contributed by atoms with Gasteiger partial charge >= 0.3 is 0 Å². The van der Waals surface area contributed by atoms with Gasteiger partial charge in [0.15, 0.2) is 0 Å². The number of rotatable bonds is 5. The molecule has 1 fully saturated rings. The summed E-state index contributed by atoms with van der Waals surface area (Å²) in [7, 11) is 1.70. The van der Waals surface area contributed by atoms with Crippen molar-refractivity contribution in [3.63, 3.8) is 0 Å². The van der Waals surface area contributed by atoms with Gasteiger partial charge in [0.1, 0.15) is 5.75 Å². The van der Waals surface area contributed by atoms with Gasteiger partial charge in [-0.15, -0.1) is 0 Å². The molecule has 0 spiro atoms. The zero-order valence-corrected chi connectivity index (χ0v) is 11.3. The number of hydrogen-bond donors (Lipinski definition) is 1. The van der Waals surface area contributed by atoms with Crippen molar-refractivity contribution in [3.05, 3.63) is 28.8 Å². The lowest BCUT2D eigenvalue weighted by molar-refractivity contribution is 0.411. The first-order valence-corrected chi connectivity index (χ1v) is 6.37. The summed E-state index contributed by atoms with van der Waals surface area (Å²) in [6.07, 6.45) is 2.08. The first kappa shape index (κ1) is 12.9. The molecule has 0 atom stereocenters. The molecule has 96 valence electrons. The molecule has 0 radical (unpaired) electrons. The van der Waals surface area contributed by atoms with Gasteiger partial charge < -0.3 is 10.1 Å². The molecule has 1 aliphatic carbocycles. The van der Waals surface area contributed by atoms with Crippen LogP contribution in [-0.4, -0.2) is 13.7 Å². The van der Waals surface area contributed by atoms with Crippen LogP contribution in [0.1, 0.15) is 29.5 Å². The smallest absolute Gasteiger partial charge is 0.122 e. The van der Waals surface area contributed by atoms with Crippen molar-refractivity contribution >= 4 is 0 Å². The maximum Gasteiger partial charge on any atom is 0.122 e. The first-order valence-electron chi connectivity index (χ1n) is 6.37. The molecule has 1 N–H and O–H groups in total. The maximum absolute atomic E-state index is 9.01. The van der Waals surface area contributed by atoms with Gasteiger partial charge in [-0.05, 0) is 49.4 Å². The van der Waals surface area contributed by atoms with Crippen molar-refractivity contribution in [2.75, 3.05) is 13.7 Å². The van der Waals surface area contributed by atoms with Crippen molar-refractivity contribution in [1.29, 1.82) is 5.26 Å². The monoisotopic (exact) mass is 244 g/mol. The molecule has 0 heterocycles. The van der Waals surface area contributed by atoms with E-state index in [1.165, 1.54) is 16.7 Å². The molecular weight excluding hydrogens is 224 g/mol. The van der Waals surface area contributed by atoms with E-state index in [1.54, 1.807) is 7.11 Å². The molecule has 0 aromatic heterocycles. The third kappa shape index (κ3) is 2.49. The highest BCUT2D eigenvalue weighted by Gasteiger charge is 2.42. The SMILES string of the molecule is COc1ccc(CNCC2(C#N)CC2)c(C)c1C. The molecule has 3 nitrogen and oxygen atoms in total. The summed E-state index contributed by atoms with van der Waals surface area (Å²) in [6.45, 7) is 5.81. The minimum atomic E-state index is -0.0740. The molecule has 18 heavy (non-hydrogen) atoms. The van der Waals surface area contributed by atoms with Crippen molar-refractivity contribution < 1.29 is 4.74 Å². The molecule has 1 aromatic carbocycles. The quantitative estimate of drug-likeness (QED) is 0.866. The Balaban J connectivity index is 1.98. The predicted octanol–water partition coefficient (Wildman–Crippen LogP) is 2.71. The average Bonchev–Trinajstić information content (AvgIpc) is 3.15. The number of nitrogens with zero attached hydrogens (tertiary/aromatic N) is 1. The van der Waals surface area contributed by atoms with E-state index in [9.17, 15) is 0 Å². The molecular formula is C15H20N2O. The van der Waals surface area contributed by atoms with Crippen LogP contribution in [0, 0.1) is 30.6 Å². The Morgan fingerprint density at radius 3 is 2.61 bits per heavy atom. The van der Waals surface area contributed by atoms with Crippen LogP contribution in [0.15, 0.2) is 12.1 Å². The fraction of sp³-hybridized carbons (Fsp3) is 0.533. The van der Waals surface area contributed by atoms with Gasteiger partial charge in [-0.2, -0.15) is 5.26 Å². The van der Waals surface area contributed by atoms with Crippen LogP contribution in [0.2, 0.25) is 0 Å². The van der Waals surface area contributed by atoms with Gasteiger partial charge in [0.2, 0.25) is 0 Å². The molecule has 0 saturated heterocycles. The zero-order valence-electron chi connectivity index (χ0n) is 11.3. The Bertz CT molecular complexity index is 484. The van der Waals surface area contributed by atoms with E-state index in [4.69, 9.17) is 10.00 Å². The lowest BCUT2D eigenvalue weighted by Crippen LogP contribution is -2.23. The van der Waals surface area contributed by atoms with Crippen LogP contribution in [0.3, 0.4) is 0 Å². The minimum Gasteiger partial charge on any atom is -0.496 e. The molecule has 2 rings (SSSR count).